The number of hydrazone groups is 1. The molecule has 0 spiro atoms. The maximum absolute atomic E-state index is 14.6. The molecule has 1 aliphatic carbocycles. The molecule has 0 aromatic heterocycles. The predicted octanol–water partition coefficient (Wildman–Crippen LogP) is 2.49. The highest BCUT2D eigenvalue weighted by atomic mass is 35.5. The fourth-order valence-corrected chi connectivity index (χ4v) is 2.98. The Labute approximate surface area is 138 Å². The number of ether oxygens (including phenoxy) is 1. The van der Waals surface area contributed by atoms with Crippen LogP contribution in [0.4, 0.5) is 4.39 Å². The molecule has 0 bridgehead atoms. The molecule has 1 aliphatic heterocycles. The second kappa shape index (κ2) is 6.45. The SMILES string of the molecule is CC1CC(=O)NN=C1c1ccc(OCC2CCC2O)c(Cl)c1F. The van der Waals surface area contributed by atoms with E-state index in [0.717, 1.165) is 12.8 Å². The van der Waals surface area contributed by atoms with Gasteiger partial charge in [-0.25, -0.2) is 9.82 Å². The van der Waals surface area contributed by atoms with E-state index in [9.17, 15) is 14.3 Å². The number of hydrogen-bond acceptors (Lipinski definition) is 4. The summed E-state index contributed by atoms with van der Waals surface area (Å²) in [5, 5.41) is 13.4. The van der Waals surface area contributed by atoms with Gasteiger partial charge in [-0.1, -0.05) is 18.5 Å². The number of aliphatic hydroxyl groups excluding tert-OH is 1. The van der Waals surface area contributed by atoms with Crippen molar-refractivity contribution < 1.29 is 19.0 Å². The van der Waals surface area contributed by atoms with E-state index in [1.165, 1.54) is 0 Å². The Balaban J connectivity index is 1.79. The second-order valence-corrected chi connectivity index (χ2v) is 6.47. The van der Waals surface area contributed by atoms with Crippen LogP contribution in [0.3, 0.4) is 0 Å². The summed E-state index contributed by atoms with van der Waals surface area (Å²) >= 11 is 6.07. The number of nitrogens with zero attached hydrogens (tertiary/aromatic N) is 1. The molecule has 3 unspecified atom stereocenters. The van der Waals surface area contributed by atoms with Gasteiger partial charge in [0.25, 0.3) is 0 Å². The van der Waals surface area contributed by atoms with Crippen LogP contribution in [0.1, 0.15) is 31.7 Å². The van der Waals surface area contributed by atoms with Gasteiger partial charge in [0.2, 0.25) is 5.91 Å². The molecule has 1 saturated carbocycles. The third-order valence-corrected chi connectivity index (χ3v) is 4.76. The lowest BCUT2D eigenvalue weighted by atomic mass is 9.83. The van der Waals surface area contributed by atoms with Gasteiger partial charge in [-0.2, -0.15) is 5.10 Å². The van der Waals surface area contributed by atoms with Crippen LogP contribution in [-0.2, 0) is 4.79 Å². The van der Waals surface area contributed by atoms with Crippen molar-refractivity contribution in [2.24, 2.45) is 16.9 Å². The average Bonchev–Trinajstić information content (AvgIpc) is 2.51. The molecule has 1 fully saturated rings. The van der Waals surface area contributed by atoms with Crippen molar-refractivity contribution in [1.29, 1.82) is 0 Å². The maximum Gasteiger partial charge on any atom is 0.240 e. The van der Waals surface area contributed by atoms with E-state index in [0.29, 0.717) is 12.3 Å². The number of carbonyl (C=O) groups is 1. The molecular weight excluding hydrogens is 323 g/mol. The summed E-state index contributed by atoms with van der Waals surface area (Å²) in [6.45, 7) is 2.13. The Morgan fingerprint density at radius 1 is 1.48 bits per heavy atom. The fourth-order valence-electron chi connectivity index (χ4n) is 2.76. The first kappa shape index (κ1) is 16.2. The summed E-state index contributed by atoms with van der Waals surface area (Å²) in [6.07, 6.45) is 1.58. The summed E-state index contributed by atoms with van der Waals surface area (Å²) in [6, 6.07) is 3.15. The quantitative estimate of drug-likeness (QED) is 0.884. The molecule has 3 rings (SSSR count). The van der Waals surface area contributed by atoms with Crippen molar-refractivity contribution in [3.05, 3.63) is 28.5 Å². The zero-order chi connectivity index (χ0) is 16.6. The smallest absolute Gasteiger partial charge is 0.240 e. The summed E-state index contributed by atoms with van der Waals surface area (Å²) in [4.78, 5) is 11.3. The first-order valence-electron chi connectivity index (χ1n) is 7.63. The van der Waals surface area contributed by atoms with Crippen molar-refractivity contribution in [2.75, 3.05) is 6.61 Å². The summed E-state index contributed by atoms with van der Waals surface area (Å²) in [7, 11) is 0. The topological polar surface area (TPSA) is 70.9 Å². The molecule has 3 atom stereocenters. The van der Waals surface area contributed by atoms with Crippen molar-refractivity contribution >= 4 is 23.2 Å². The van der Waals surface area contributed by atoms with Gasteiger partial charge in [0.1, 0.15) is 10.8 Å². The molecular formula is C16H18ClFN2O3. The van der Waals surface area contributed by atoms with Crippen LogP contribution in [0, 0.1) is 17.7 Å². The van der Waals surface area contributed by atoms with Crippen LogP contribution < -0.4 is 10.2 Å². The number of halogens is 2. The molecule has 1 amide bonds. The highest BCUT2D eigenvalue weighted by Crippen LogP contribution is 2.34. The van der Waals surface area contributed by atoms with E-state index in [-0.39, 0.29) is 46.6 Å². The zero-order valence-corrected chi connectivity index (χ0v) is 13.4. The molecule has 1 aromatic rings. The second-order valence-electron chi connectivity index (χ2n) is 6.09. The normalized spacial score (nSPS) is 27.0. The monoisotopic (exact) mass is 340 g/mol. The minimum Gasteiger partial charge on any atom is -0.492 e. The Hall–Kier alpha value is -1.66. The molecule has 1 heterocycles. The summed E-state index contributed by atoms with van der Waals surface area (Å²) in [5.41, 5.74) is 3.09. The van der Waals surface area contributed by atoms with Gasteiger partial charge in [0.05, 0.1) is 18.4 Å². The third kappa shape index (κ3) is 3.19. The van der Waals surface area contributed by atoms with Gasteiger partial charge < -0.3 is 9.84 Å². The number of amides is 1. The number of benzene rings is 1. The van der Waals surface area contributed by atoms with E-state index in [1.807, 2.05) is 6.92 Å². The Morgan fingerprint density at radius 3 is 2.87 bits per heavy atom. The van der Waals surface area contributed by atoms with Crippen molar-refractivity contribution in [3.8, 4) is 5.75 Å². The lowest BCUT2D eigenvalue weighted by molar-refractivity contribution is -0.121. The number of rotatable bonds is 4. The van der Waals surface area contributed by atoms with Crippen molar-refractivity contribution in [3.63, 3.8) is 0 Å². The highest BCUT2D eigenvalue weighted by molar-refractivity contribution is 6.32. The molecule has 0 saturated heterocycles. The average molecular weight is 341 g/mol. The van der Waals surface area contributed by atoms with E-state index in [4.69, 9.17) is 16.3 Å². The molecule has 5 nitrogen and oxygen atoms in total. The van der Waals surface area contributed by atoms with E-state index in [2.05, 4.69) is 10.5 Å². The Kier molecular flexibility index (Phi) is 4.55. The van der Waals surface area contributed by atoms with Crippen LogP contribution in [-0.4, -0.2) is 29.4 Å². The number of carbonyl (C=O) groups excluding carboxylic acids is 1. The van der Waals surface area contributed by atoms with Gasteiger partial charge in [-0.05, 0) is 25.0 Å². The highest BCUT2D eigenvalue weighted by Gasteiger charge is 2.30. The molecule has 7 heteroatoms. The molecule has 1 aromatic carbocycles. The predicted molar refractivity (Wildman–Crippen MR) is 84.1 cm³/mol. The lowest BCUT2D eigenvalue weighted by Gasteiger charge is -2.32. The van der Waals surface area contributed by atoms with Crippen LogP contribution >= 0.6 is 11.6 Å². The van der Waals surface area contributed by atoms with Crippen LogP contribution in [0.5, 0.6) is 5.75 Å². The number of aliphatic hydroxyl groups is 1. The third-order valence-electron chi connectivity index (χ3n) is 4.41. The van der Waals surface area contributed by atoms with E-state index in [1.54, 1.807) is 12.1 Å². The van der Waals surface area contributed by atoms with Gasteiger partial charge in [0, 0.05) is 23.8 Å². The lowest BCUT2D eigenvalue weighted by Crippen LogP contribution is -2.35. The molecule has 124 valence electrons. The zero-order valence-electron chi connectivity index (χ0n) is 12.7. The van der Waals surface area contributed by atoms with Crippen LogP contribution in [0.25, 0.3) is 0 Å². The van der Waals surface area contributed by atoms with E-state index >= 15 is 0 Å². The first-order valence-corrected chi connectivity index (χ1v) is 8.00. The summed E-state index contributed by atoms with van der Waals surface area (Å²) in [5.74, 6) is -0.662. The largest absolute Gasteiger partial charge is 0.492 e. The molecule has 23 heavy (non-hydrogen) atoms. The number of nitrogens with one attached hydrogen (secondary N) is 1. The molecule has 2 N–H and O–H groups in total. The standard InChI is InChI=1S/C16H18ClFN2O3/c1-8-6-13(22)19-20-16(8)10-3-5-12(14(17)15(10)18)23-7-9-2-4-11(9)21/h3,5,8-9,11,21H,2,4,6-7H2,1H3,(H,19,22). The minimum atomic E-state index is -0.611. The molecule has 2 aliphatic rings. The van der Waals surface area contributed by atoms with Crippen LogP contribution in [0.15, 0.2) is 17.2 Å². The maximum atomic E-state index is 14.6. The Bertz CT molecular complexity index is 665. The first-order chi connectivity index (χ1) is 11.0. The van der Waals surface area contributed by atoms with Gasteiger partial charge in [-0.15, -0.1) is 0 Å². The molecule has 0 radical (unpaired) electrons. The van der Waals surface area contributed by atoms with Crippen molar-refractivity contribution in [1.82, 2.24) is 5.43 Å². The van der Waals surface area contributed by atoms with Gasteiger partial charge in [-0.3, -0.25) is 4.79 Å². The van der Waals surface area contributed by atoms with E-state index < -0.39 is 5.82 Å². The van der Waals surface area contributed by atoms with Gasteiger partial charge >= 0.3 is 0 Å². The Morgan fingerprint density at radius 2 is 2.26 bits per heavy atom. The van der Waals surface area contributed by atoms with Crippen LogP contribution in [0.2, 0.25) is 5.02 Å². The fraction of sp³-hybridized carbons (Fsp3) is 0.500. The minimum absolute atomic E-state index is 0.0757. The van der Waals surface area contributed by atoms with Crippen molar-refractivity contribution in [2.45, 2.75) is 32.3 Å². The van der Waals surface area contributed by atoms with Gasteiger partial charge in [0.15, 0.2) is 5.82 Å². The summed E-state index contributed by atoms with van der Waals surface area (Å²) < 4.78 is 20.1. The number of hydrogen-bond donors (Lipinski definition) is 2.